The van der Waals surface area contributed by atoms with E-state index in [4.69, 9.17) is 34.8 Å². The fourth-order valence-electron chi connectivity index (χ4n) is 2.35. The third kappa shape index (κ3) is 6.14. The van der Waals surface area contributed by atoms with Gasteiger partial charge in [0.15, 0.2) is 0 Å². The molecule has 26 heavy (non-hydrogen) atoms. The monoisotopic (exact) mass is 442 g/mol. The van der Waals surface area contributed by atoms with Crippen molar-refractivity contribution in [1.29, 1.82) is 0 Å². The Labute approximate surface area is 177 Å². The van der Waals surface area contributed by atoms with Gasteiger partial charge in [-0.25, -0.2) is 4.98 Å². The molecular weight excluding hydrogens is 427 g/mol. The van der Waals surface area contributed by atoms with Gasteiger partial charge in [-0.05, 0) is 42.0 Å². The van der Waals surface area contributed by atoms with E-state index in [0.29, 0.717) is 10.3 Å². The van der Waals surface area contributed by atoms with Crippen LogP contribution in [0.3, 0.4) is 0 Å². The fraction of sp³-hybridized carbons (Fsp3) is 0.211. The molecule has 7 heteroatoms. The van der Waals surface area contributed by atoms with Crippen LogP contribution in [0.15, 0.2) is 66.1 Å². The van der Waals surface area contributed by atoms with Gasteiger partial charge in [0.05, 0.1) is 6.33 Å². The first-order valence-electron chi connectivity index (χ1n) is 8.00. The van der Waals surface area contributed by atoms with Gasteiger partial charge in [0, 0.05) is 55.7 Å². The van der Waals surface area contributed by atoms with Crippen molar-refractivity contribution >= 4 is 58.3 Å². The highest BCUT2D eigenvalue weighted by atomic mass is 35.5. The lowest BCUT2D eigenvalue weighted by Crippen LogP contribution is -2.15. The summed E-state index contributed by atoms with van der Waals surface area (Å²) >= 11 is 22.0. The second kappa shape index (κ2) is 9.95. The molecule has 0 radical (unpaired) electrons. The molecule has 0 spiro atoms. The van der Waals surface area contributed by atoms with Gasteiger partial charge in [0.25, 0.3) is 0 Å². The average Bonchev–Trinajstić information content (AvgIpc) is 3.13. The molecule has 0 aliphatic heterocycles. The highest BCUT2D eigenvalue weighted by molar-refractivity contribution is 8.03. The first-order valence-corrected chi connectivity index (χ1v) is 11.2. The van der Waals surface area contributed by atoms with Crippen LogP contribution in [0.1, 0.15) is 5.56 Å². The van der Waals surface area contributed by atoms with Crippen molar-refractivity contribution < 1.29 is 0 Å². The topological polar surface area (TPSA) is 17.8 Å². The van der Waals surface area contributed by atoms with Crippen LogP contribution in [-0.2, 0) is 12.3 Å². The summed E-state index contributed by atoms with van der Waals surface area (Å²) in [5.41, 5.74) is 1.10. The summed E-state index contributed by atoms with van der Waals surface area (Å²) in [4.78, 5) is 5.36. The summed E-state index contributed by atoms with van der Waals surface area (Å²) in [5.74, 6) is 1.83. The molecule has 0 saturated heterocycles. The molecule has 2 aromatic carbocycles. The zero-order valence-electron chi connectivity index (χ0n) is 13.8. The van der Waals surface area contributed by atoms with E-state index in [1.807, 2.05) is 66.5 Å². The van der Waals surface area contributed by atoms with E-state index in [1.165, 1.54) is 4.90 Å². The largest absolute Gasteiger partial charge is 0.336 e. The predicted molar refractivity (Wildman–Crippen MR) is 116 cm³/mol. The number of imidazole rings is 1. The number of hydrogen-bond acceptors (Lipinski definition) is 3. The number of rotatable bonds is 8. The van der Waals surface area contributed by atoms with E-state index in [-0.39, 0.29) is 0 Å². The third-order valence-electron chi connectivity index (χ3n) is 3.71. The van der Waals surface area contributed by atoms with Crippen molar-refractivity contribution in [3.8, 4) is 0 Å². The van der Waals surface area contributed by atoms with E-state index in [1.54, 1.807) is 6.07 Å². The Balaban J connectivity index is 1.63. The summed E-state index contributed by atoms with van der Waals surface area (Å²) in [6, 6.07) is 13.6. The summed E-state index contributed by atoms with van der Waals surface area (Å²) in [7, 11) is 0. The number of thioether (sulfide) groups is 2. The maximum absolute atomic E-state index is 6.31. The zero-order valence-corrected chi connectivity index (χ0v) is 17.7. The number of nitrogens with zero attached hydrogens (tertiary/aromatic N) is 2. The summed E-state index contributed by atoms with van der Waals surface area (Å²) in [6.07, 6.45) is 5.66. The van der Waals surface area contributed by atoms with E-state index in [2.05, 4.69) is 21.7 Å². The Morgan fingerprint density at radius 1 is 1.00 bits per heavy atom. The molecule has 0 fully saturated rings. The Hall–Kier alpha value is -0.780. The predicted octanol–water partition coefficient (Wildman–Crippen LogP) is 6.94. The van der Waals surface area contributed by atoms with Crippen LogP contribution in [0.5, 0.6) is 0 Å². The lowest BCUT2D eigenvalue weighted by Gasteiger charge is -2.17. The average molecular weight is 444 g/mol. The number of hydrogen-bond donors (Lipinski definition) is 0. The Morgan fingerprint density at radius 2 is 1.77 bits per heavy atom. The van der Waals surface area contributed by atoms with Crippen LogP contribution < -0.4 is 0 Å². The van der Waals surface area contributed by atoms with Gasteiger partial charge in [-0.1, -0.05) is 40.9 Å². The smallest absolute Gasteiger partial charge is 0.0946 e. The number of halogens is 3. The van der Waals surface area contributed by atoms with Gasteiger partial charge in [0.2, 0.25) is 0 Å². The fourth-order valence-corrected chi connectivity index (χ4v) is 5.38. The van der Waals surface area contributed by atoms with Crippen LogP contribution in [0.25, 0.3) is 0 Å². The minimum Gasteiger partial charge on any atom is -0.336 e. The first kappa shape index (κ1) is 20.0. The van der Waals surface area contributed by atoms with E-state index in [0.717, 1.165) is 33.7 Å². The first-order chi connectivity index (χ1) is 12.6. The highest BCUT2D eigenvalue weighted by Crippen LogP contribution is 2.30. The number of aromatic nitrogens is 2. The van der Waals surface area contributed by atoms with Gasteiger partial charge in [-0.3, -0.25) is 0 Å². The standard InChI is InChI=1S/C19H17Cl3N2S2/c20-15-3-5-17(6-4-15)26-12-18(10-24-8-7-23-13-24)25-11-14-1-2-16(21)9-19(14)22/h1-9,13,18H,10-12H2. The molecule has 1 unspecified atom stereocenters. The molecule has 1 heterocycles. The van der Waals surface area contributed by atoms with Crippen molar-refractivity contribution in [3.05, 3.63) is 81.8 Å². The summed E-state index contributed by atoms with van der Waals surface area (Å²) in [5, 5.41) is 2.56. The van der Waals surface area contributed by atoms with Crippen molar-refractivity contribution in [2.75, 3.05) is 5.75 Å². The maximum atomic E-state index is 6.31. The molecule has 1 aromatic heterocycles. The van der Waals surface area contributed by atoms with Crippen molar-refractivity contribution in [2.24, 2.45) is 0 Å². The van der Waals surface area contributed by atoms with Gasteiger partial charge >= 0.3 is 0 Å². The van der Waals surface area contributed by atoms with E-state index < -0.39 is 0 Å². The molecule has 3 rings (SSSR count). The maximum Gasteiger partial charge on any atom is 0.0946 e. The molecule has 136 valence electrons. The Bertz CT molecular complexity index is 823. The molecular formula is C19H17Cl3N2S2. The second-order valence-electron chi connectivity index (χ2n) is 5.69. The summed E-state index contributed by atoms with van der Waals surface area (Å²) < 4.78 is 2.11. The van der Waals surface area contributed by atoms with E-state index >= 15 is 0 Å². The lowest BCUT2D eigenvalue weighted by molar-refractivity contribution is 0.695. The molecule has 0 N–H and O–H groups in total. The van der Waals surface area contributed by atoms with Gasteiger partial charge in [-0.15, -0.1) is 11.8 Å². The zero-order chi connectivity index (χ0) is 18.4. The van der Waals surface area contributed by atoms with Crippen LogP contribution in [-0.4, -0.2) is 20.6 Å². The second-order valence-corrected chi connectivity index (χ2v) is 9.36. The minimum absolute atomic E-state index is 0.414. The van der Waals surface area contributed by atoms with Crippen molar-refractivity contribution in [1.82, 2.24) is 9.55 Å². The highest BCUT2D eigenvalue weighted by Gasteiger charge is 2.13. The van der Waals surface area contributed by atoms with Gasteiger partial charge in [0.1, 0.15) is 0 Å². The van der Waals surface area contributed by atoms with Crippen LogP contribution in [0.4, 0.5) is 0 Å². The quantitative estimate of drug-likeness (QED) is 0.351. The molecule has 1 atom stereocenters. The van der Waals surface area contributed by atoms with Crippen molar-refractivity contribution in [3.63, 3.8) is 0 Å². The molecule has 0 amide bonds. The molecule has 2 nitrogen and oxygen atoms in total. The van der Waals surface area contributed by atoms with Crippen LogP contribution in [0.2, 0.25) is 15.1 Å². The lowest BCUT2D eigenvalue weighted by atomic mass is 10.2. The van der Waals surface area contributed by atoms with Crippen LogP contribution in [0, 0.1) is 0 Å². The molecule has 0 aliphatic carbocycles. The Kier molecular flexibility index (Phi) is 7.64. The molecule has 3 aromatic rings. The minimum atomic E-state index is 0.414. The SMILES string of the molecule is Clc1ccc(SCC(Cn2ccnc2)SCc2ccc(Cl)cc2Cl)cc1. The van der Waals surface area contributed by atoms with Gasteiger partial charge in [-0.2, -0.15) is 11.8 Å². The van der Waals surface area contributed by atoms with E-state index in [9.17, 15) is 0 Å². The van der Waals surface area contributed by atoms with Crippen molar-refractivity contribution in [2.45, 2.75) is 22.4 Å². The molecule has 0 aliphatic rings. The summed E-state index contributed by atoms with van der Waals surface area (Å²) in [6.45, 7) is 0.899. The number of benzene rings is 2. The van der Waals surface area contributed by atoms with Gasteiger partial charge < -0.3 is 4.57 Å². The normalized spacial score (nSPS) is 12.3. The molecule has 0 bridgehead atoms. The molecule has 0 saturated carbocycles. The Morgan fingerprint density at radius 3 is 2.46 bits per heavy atom. The van der Waals surface area contributed by atoms with Crippen LogP contribution >= 0.6 is 58.3 Å². The third-order valence-corrected chi connectivity index (χ3v) is 7.20.